The van der Waals surface area contributed by atoms with E-state index in [1.165, 1.54) is 26.0 Å². The quantitative estimate of drug-likeness (QED) is 0.824. The molecule has 2 heterocycles. The number of methoxy groups -OCH3 is 1. The van der Waals surface area contributed by atoms with Crippen LogP contribution in [-0.2, 0) is 11.2 Å². The van der Waals surface area contributed by atoms with Crippen molar-refractivity contribution >= 4 is 18.3 Å². The average molecular weight is 357 g/mol. The van der Waals surface area contributed by atoms with Gasteiger partial charge in [0, 0.05) is 25.0 Å². The first-order chi connectivity index (χ1) is 11.1. The number of carbonyl (C=O) groups excluding carboxylic acids is 1. The number of hydrogen-bond donors (Lipinski definition) is 2. The van der Waals surface area contributed by atoms with Crippen molar-refractivity contribution in [3.05, 3.63) is 29.6 Å². The highest BCUT2D eigenvalue weighted by atomic mass is 35.5. The van der Waals surface area contributed by atoms with Crippen LogP contribution in [0.1, 0.15) is 37.7 Å². The number of hydrogen-bond acceptors (Lipinski definition) is 3. The number of halogens is 2. The smallest absolute Gasteiger partial charge is 0.220 e. The van der Waals surface area contributed by atoms with Crippen LogP contribution in [0.5, 0.6) is 5.75 Å². The lowest BCUT2D eigenvalue weighted by molar-refractivity contribution is -0.122. The summed E-state index contributed by atoms with van der Waals surface area (Å²) in [6.07, 6.45) is 5.99. The number of piperidine rings is 1. The molecule has 6 heteroatoms. The number of fused-ring (bicyclic) bond motifs is 2. The maximum atomic E-state index is 13.6. The van der Waals surface area contributed by atoms with E-state index >= 15 is 0 Å². The first-order valence-corrected chi connectivity index (χ1v) is 8.49. The lowest BCUT2D eigenvalue weighted by Crippen LogP contribution is -2.39. The van der Waals surface area contributed by atoms with Crippen LogP contribution in [0.15, 0.2) is 18.2 Å². The fourth-order valence-electron chi connectivity index (χ4n) is 3.89. The predicted molar refractivity (Wildman–Crippen MR) is 94.2 cm³/mol. The van der Waals surface area contributed by atoms with Crippen molar-refractivity contribution in [3.8, 4) is 5.75 Å². The van der Waals surface area contributed by atoms with Gasteiger partial charge in [-0.25, -0.2) is 4.39 Å². The van der Waals surface area contributed by atoms with Gasteiger partial charge < -0.3 is 15.4 Å². The molecule has 0 spiro atoms. The van der Waals surface area contributed by atoms with Gasteiger partial charge in [-0.3, -0.25) is 4.79 Å². The standard InChI is InChI=1S/C18H25FN2O2.ClH/c1-23-17-5-2-12(10-16(17)19)6-7-20-18(22)11-13-8-14-3-4-15(9-13)21-14;/h2,5,10,13-15,21H,3-4,6-9,11H2,1H3,(H,20,22);1H. The Morgan fingerprint density at radius 3 is 2.67 bits per heavy atom. The van der Waals surface area contributed by atoms with Crippen molar-refractivity contribution in [1.29, 1.82) is 0 Å². The highest BCUT2D eigenvalue weighted by Gasteiger charge is 2.34. The summed E-state index contributed by atoms with van der Waals surface area (Å²) in [6.45, 7) is 0.544. The van der Waals surface area contributed by atoms with Crippen LogP contribution >= 0.6 is 12.4 Å². The lowest BCUT2D eigenvalue weighted by Gasteiger charge is -2.28. The number of nitrogens with one attached hydrogen (secondary N) is 2. The summed E-state index contributed by atoms with van der Waals surface area (Å²) < 4.78 is 18.5. The predicted octanol–water partition coefficient (Wildman–Crippen LogP) is 2.84. The van der Waals surface area contributed by atoms with Gasteiger partial charge in [0.15, 0.2) is 11.6 Å². The Bertz CT molecular complexity index is 558. The number of amides is 1. The van der Waals surface area contributed by atoms with E-state index in [1.54, 1.807) is 6.07 Å². The van der Waals surface area contributed by atoms with Crippen LogP contribution in [0.3, 0.4) is 0 Å². The third-order valence-electron chi connectivity index (χ3n) is 5.00. The summed E-state index contributed by atoms with van der Waals surface area (Å²) in [5, 5.41) is 6.56. The molecule has 2 bridgehead atoms. The van der Waals surface area contributed by atoms with Crippen LogP contribution in [0.4, 0.5) is 4.39 Å². The van der Waals surface area contributed by atoms with E-state index in [-0.39, 0.29) is 29.9 Å². The maximum absolute atomic E-state index is 13.6. The maximum Gasteiger partial charge on any atom is 0.220 e. The SMILES string of the molecule is COc1ccc(CCNC(=O)CC2CC3CCC(C2)N3)cc1F.Cl. The molecular weight excluding hydrogens is 331 g/mol. The molecule has 4 nitrogen and oxygen atoms in total. The normalized spacial score (nSPS) is 25.0. The topological polar surface area (TPSA) is 50.4 Å². The Morgan fingerprint density at radius 2 is 2.04 bits per heavy atom. The molecule has 24 heavy (non-hydrogen) atoms. The van der Waals surface area contributed by atoms with Gasteiger partial charge in [-0.2, -0.15) is 0 Å². The van der Waals surface area contributed by atoms with Crippen molar-refractivity contribution in [3.63, 3.8) is 0 Å². The van der Waals surface area contributed by atoms with Crippen molar-refractivity contribution in [2.45, 2.75) is 50.6 Å². The number of carbonyl (C=O) groups is 1. The van der Waals surface area contributed by atoms with Crippen LogP contribution in [0, 0.1) is 11.7 Å². The van der Waals surface area contributed by atoms with Crippen LogP contribution in [0.25, 0.3) is 0 Å². The van der Waals surface area contributed by atoms with Gasteiger partial charge in [-0.1, -0.05) is 6.07 Å². The zero-order chi connectivity index (χ0) is 16.2. The Labute approximate surface area is 148 Å². The molecule has 2 fully saturated rings. The first kappa shape index (κ1) is 19.0. The molecule has 2 unspecified atom stereocenters. The molecule has 0 aromatic heterocycles. The second-order valence-corrected chi connectivity index (χ2v) is 6.75. The molecule has 2 N–H and O–H groups in total. The van der Waals surface area contributed by atoms with Gasteiger partial charge in [0.1, 0.15) is 0 Å². The molecular formula is C18H26ClFN2O2. The van der Waals surface area contributed by atoms with Gasteiger partial charge >= 0.3 is 0 Å². The Balaban J connectivity index is 0.00000208. The minimum Gasteiger partial charge on any atom is -0.494 e. The molecule has 0 saturated carbocycles. The second kappa shape index (κ2) is 8.67. The summed E-state index contributed by atoms with van der Waals surface area (Å²) in [7, 11) is 1.45. The van der Waals surface area contributed by atoms with E-state index in [1.807, 2.05) is 6.07 Å². The third-order valence-corrected chi connectivity index (χ3v) is 5.00. The molecule has 2 aliphatic rings. The third kappa shape index (κ3) is 4.84. The van der Waals surface area contributed by atoms with Gasteiger partial charge in [-0.05, 0) is 55.7 Å². The Morgan fingerprint density at radius 1 is 1.33 bits per heavy atom. The van der Waals surface area contributed by atoms with Gasteiger partial charge in [-0.15, -0.1) is 12.4 Å². The van der Waals surface area contributed by atoms with Gasteiger partial charge in [0.2, 0.25) is 5.91 Å². The first-order valence-electron chi connectivity index (χ1n) is 8.49. The molecule has 0 aliphatic carbocycles. The molecule has 1 aromatic carbocycles. The van der Waals surface area contributed by atoms with Crippen molar-refractivity contribution < 1.29 is 13.9 Å². The van der Waals surface area contributed by atoms with Gasteiger partial charge in [0.25, 0.3) is 0 Å². The second-order valence-electron chi connectivity index (χ2n) is 6.75. The van der Waals surface area contributed by atoms with Crippen LogP contribution < -0.4 is 15.4 Å². The van der Waals surface area contributed by atoms with E-state index < -0.39 is 0 Å². The highest BCUT2D eigenvalue weighted by molar-refractivity contribution is 5.85. The summed E-state index contributed by atoms with van der Waals surface area (Å²) >= 11 is 0. The molecule has 2 saturated heterocycles. The highest BCUT2D eigenvalue weighted by Crippen LogP contribution is 2.32. The number of ether oxygens (including phenoxy) is 1. The van der Waals surface area contributed by atoms with Crippen molar-refractivity contribution in [1.82, 2.24) is 10.6 Å². The lowest BCUT2D eigenvalue weighted by atomic mass is 9.89. The van der Waals surface area contributed by atoms with E-state index in [4.69, 9.17) is 4.74 Å². The van der Waals surface area contributed by atoms with Crippen LogP contribution in [0.2, 0.25) is 0 Å². The zero-order valence-electron chi connectivity index (χ0n) is 14.0. The largest absolute Gasteiger partial charge is 0.494 e. The fraction of sp³-hybridized carbons (Fsp3) is 0.611. The van der Waals surface area contributed by atoms with Crippen molar-refractivity contribution in [2.75, 3.05) is 13.7 Å². The van der Waals surface area contributed by atoms with Crippen molar-refractivity contribution in [2.24, 2.45) is 5.92 Å². The molecule has 2 atom stereocenters. The summed E-state index contributed by atoms with van der Waals surface area (Å²) in [4.78, 5) is 12.1. The van der Waals surface area contributed by atoms with E-state index in [2.05, 4.69) is 10.6 Å². The minimum atomic E-state index is -0.360. The number of rotatable bonds is 6. The molecule has 3 rings (SSSR count). The molecule has 1 amide bonds. The van der Waals surface area contributed by atoms with E-state index in [0.717, 1.165) is 18.4 Å². The summed E-state index contributed by atoms with van der Waals surface area (Å²) in [5.74, 6) is 0.511. The van der Waals surface area contributed by atoms with Gasteiger partial charge in [0.05, 0.1) is 7.11 Å². The Hall–Kier alpha value is -1.33. The van der Waals surface area contributed by atoms with E-state index in [9.17, 15) is 9.18 Å². The molecule has 1 aromatic rings. The molecule has 2 aliphatic heterocycles. The number of benzene rings is 1. The van der Waals surface area contributed by atoms with Crippen LogP contribution in [-0.4, -0.2) is 31.6 Å². The molecule has 0 radical (unpaired) electrons. The van der Waals surface area contributed by atoms with E-state index in [0.29, 0.717) is 37.4 Å². The average Bonchev–Trinajstić information content (AvgIpc) is 2.86. The monoisotopic (exact) mass is 356 g/mol. The minimum absolute atomic E-state index is 0. The summed E-state index contributed by atoms with van der Waals surface area (Å²) in [6, 6.07) is 6.16. The summed E-state index contributed by atoms with van der Waals surface area (Å²) in [5.41, 5.74) is 0.864. The Kier molecular flexibility index (Phi) is 6.87. The molecule has 134 valence electrons. The fourth-order valence-corrected chi connectivity index (χ4v) is 3.89. The zero-order valence-corrected chi connectivity index (χ0v) is 14.8.